The zero-order valence-electron chi connectivity index (χ0n) is 7.09. The second kappa shape index (κ2) is 2.92. The van der Waals surface area contributed by atoms with Crippen LogP contribution in [0.4, 0.5) is 0 Å². The third kappa shape index (κ3) is 1.94. The van der Waals surface area contributed by atoms with Crippen LogP contribution in [0.15, 0.2) is 10.9 Å². The van der Waals surface area contributed by atoms with Gasteiger partial charge in [0.25, 0.3) is 5.56 Å². The molecule has 0 unspecified atom stereocenters. The average molecular weight is 155 g/mol. The number of aromatic nitrogens is 2. The van der Waals surface area contributed by atoms with Crippen LogP contribution >= 0.6 is 0 Å². The Morgan fingerprint density at radius 2 is 2.27 bits per heavy atom. The van der Waals surface area contributed by atoms with Gasteiger partial charge in [0.1, 0.15) is 0 Å². The molecule has 1 aromatic rings. The summed E-state index contributed by atoms with van der Waals surface area (Å²) in [6, 6.07) is 1.59. The first kappa shape index (κ1) is 8.07. The normalized spacial score (nSPS) is 10.9. The van der Waals surface area contributed by atoms with E-state index in [-0.39, 0.29) is 5.56 Å². The molecule has 0 aliphatic carbocycles. The number of rotatable bonds is 2. The number of H-pyrrole nitrogens is 1. The summed E-state index contributed by atoms with van der Waals surface area (Å²) in [6.45, 7) is 2.47. The number of nitrogens with one attached hydrogen (secondary N) is 1. The molecule has 0 bridgehead atoms. The van der Waals surface area contributed by atoms with Gasteiger partial charge in [0.15, 0.2) is 0 Å². The van der Waals surface area contributed by atoms with Crippen molar-refractivity contribution >= 4 is 0 Å². The van der Waals surface area contributed by atoms with E-state index in [9.17, 15) is 4.79 Å². The molecule has 0 fully saturated rings. The molecule has 0 aliphatic rings. The number of nitrogens with zero attached hydrogens (tertiary/aromatic N) is 2. The lowest BCUT2D eigenvalue weighted by molar-refractivity contribution is 0.301. The SMILES string of the molecule is Cc1cc(=O)n(CN(C)C)[nH]1. The smallest absolute Gasteiger partial charge is 0.267 e. The van der Waals surface area contributed by atoms with Crippen LogP contribution in [-0.2, 0) is 6.67 Å². The van der Waals surface area contributed by atoms with Gasteiger partial charge >= 0.3 is 0 Å². The van der Waals surface area contributed by atoms with E-state index in [2.05, 4.69) is 5.10 Å². The highest BCUT2D eigenvalue weighted by Gasteiger charge is 1.98. The molecular weight excluding hydrogens is 142 g/mol. The Bertz CT molecular complexity index is 284. The molecule has 0 aromatic carbocycles. The summed E-state index contributed by atoms with van der Waals surface area (Å²) in [4.78, 5) is 13.0. The second-order valence-corrected chi connectivity index (χ2v) is 2.93. The van der Waals surface area contributed by atoms with Gasteiger partial charge in [-0.2, -0.15) is 0 Å². The van der Waals surface area contributed by atoms with Crippen molar-refractivity contribution in [2.75, 3.05) is 14.1 Å². The zero-order valence-corrected chi connectivity index (χ0v) is 7.09. The van der Waals surface area contributed by atoms with Gasteiger partial charge in [0.05, 0.1) is 6.67 Å². The summed E-state index contributed by atoms with van der Waals surface area (Å²) < 4.78 is 1.56. The van der Waals surface area contributed by atoms with Gasteiger partial charge < -0.3 is 0 Å². The molecule has 4 nitrogen and oxygen atoms in total. The van der Waals surface area contributed by atoms with E-state index in [1.165, 1.54) is 0 Å². The van der Waals surface area contributed by atoms with Crippen molar-refractivity contribution in [3.63, 3.8) is 0 Å². The average Bonchev–Trinajstić information content (AvgIpc) is 2.09. The molecule has 1 rings (SSSR count). The summed E-state index contributed by atoms with van der Waals surface area (Å²) in [5, 5.41) is 2.94. The van der Waals surface area contributed by atoms with E-state index in [4.69, 9.17) is 0 Å². The van der Waals surface area contributed by atoms with Gasteiger partial charge in [-0.05, 0) is 21.0 Å². The lowest BCUT2D eigenvalue weighted by Crippen LogP contribution is -2.25. The Labute approximate surface area is 65.4 Å². The van der Waals surface area contributed by atoms with Crippen molar-refractivity contribution < 1.29 is 0 Å². The van der Waals surface area contributed by atoms with E-state index in [0.29, 0.717) is 6.67 Å². The van der Waals surface area contributed by atoms with Gasteiger partial charge in [0.2, 0.25) is 0 Å². The summed E-state index contributed by atoms with van der Waals surface area (Å²) >= 11 is 0. The minimum absolute atomic E-state index is 0.0243. The number of hydrogen-bond donors (Lipinski definition) is 1. The quantitative estimate of drug-likeness (QED) is 0.653. The molecule has 0 atom stereocenters. The monoisotopic (exact) mass is 155 g/mol. The topological polar surface area (TPSA) is 41.0 Å². The van der Waals surface area contributed by atoms with Crippen LogP contribution in [0.5, 0.6) is 0 Å². The number of hydrogen-bond acceptors (Lipinski definition) is 2. The highest BCUT2D eigenvalue weighted by Crippen LogP contribution is 1.86. The van der Waals surface area contributed by atoms with Crippen LogP contribution in [0.25, 0.3) is 0 Å². The van der Waals surface area contributed by atoms with Crippen LogP contribution < -0.4 is 5.56 Å². The molecule has 4 heteroatoms. The van der Waals surface area contributed by atoms with Crippen molar-refractivity contribution in [3.8, 4) is 0 Å². The molecule has 0 spiro atoms. The maximum atomic E-state index is 11.1. The van der Waals surface area contributed by atoms with Gasteiger partial charge in [-0.1, -0.05) is 0 Å². The van der Waals surface area contributed by atoms with E-state index in [1.54, 1.807) is 10.7 Å². The predicted octanol–water partition coefficient (Wildman–Crippen LogP) is 0.00392. The Morgan fingerprint density at radius 3 is 2.64 bits per heavy atom. The molecule has 0 amide bonds. The van der Waals surface area contributed by atoms with Gasteiger partial charge in [-0.3, -0.25) is 14.8 Å². The van der Waals surface area contributed by atoms with Gasteiger partial charge in [-0.25, -0.2) is 4.68 Å². The van der Waals surface area contributed by atoms with E-state index < -0.39 is 0 Å². The first-order valence-corrected chi connectivity index (χ1v) is 3.51. The fraction of sp³-hybridized carbons (Fsp3) is 0.571. The molecule has 1 aromatic heterocycles. The minimum Gasteiger partial charge on any atom is -0.299 e. The van der Waals surface area contributed by atoms with Gasteiger partial charge in [0, 0.05) is 11.8 Å². The van der Waals surface area contributed by atoms with Crippen molar-refractivity contribution in [3.05, 3.63) is 22.1 Å². The third-order valence-electron chi connectivity index (χ3n) is 1.34. The lowest BCUT2D eigenvalue weighted by atomic mass is 10.5. The summed E-state index contributed by atoms with van der Waals surface area (Å²) in [5.74, 6) is 0. The largest absolute Gasteiger partial charge is 0.299 e. The maximum Gasteiger partial charge on any atom is 0.267 e. The van der Waals surface area contributed by atoms with Crippen LogP contribution in [0.1, 0.15) is 5.69 Å². The van der Waals surface area contributed by atoms with Gasteiger partial charge in [-0.15, -0.1) is 0 Å². The van der Waals surface area contributed by atoms with Crippen molar-refractivity contribution in [2.24, 2.45) is 0 Å². The van der Waals surface area contributed by atoms with E-state index >= 15 is 0 Å². The van der Waals surface area contributed by atoms with Crippen molar-refractivity contribution in [1.29, 1.82) is 0 Å². The Morgan fingerprint density at radius 1 is 1.64 bits per heavy atom. The highest BCUT2D eigenvalue weighted by molar-refractivity contribution is 4.95. The minimum atomic E-state index is 0.0243. The number of aromatic amines is 1. The molecule has 1 heterocycles. The molecule has 11 heavy (non-hydrogen) atoms. The summed E-state index contributed by atoms with van der Waals surface area (Å²) in [6.07, 6.45) is 0. The van der Waals surface area contributed by atoms with Crippen molar-refractivity contribution in [2.45, 2.75) is 13.6 Å². The lowest BCUT2D eigenvalue weighted by Gasteiger charge is -2.08. The fourth-order valence-corrected chi connectivity index (χ4v) is 0.951. The highest BCUT2D eigenvalue weighted by atomic mass is 16.1. The zero-order chi connectivity index (χ0) is 8.43. The van der Waals surface area contributed by atoms with Crippen LogP contribution in [0.2, 0.25) is 0 Å². The molecule has 1 N–H and O–H groups in total. The Kier molecular flexibility index (Phi) is 2.14. The van der Waals surface area contributed by atoms with Crippen LogP contribution in [0.3, 0.4) is 0 Å². The predicted molar refractivity (Wildman–Crippen MR) is 43.5 cm³/mol. The summed E-state index contributed by atoms with van der Waals surface area (Å²) in [5.41, 5.74) is 0.924. The molecule has 0 radical (unpaired) electrons. The first-order chi connectivity index (χ1) is 5.09. The first-order valence-electron chi connectivity index (χ1n) is 3.51. The molecule has 0 aliphatic heterocycles. The standard InChI is InChI=1S/C7H13N3O/c1-6-4-7(11)10(8-6)5-9(2)3/h4,8H,5H2,1-3H3. The molecular formula is C7H13N3O. The molecule has 62 valence electrons. The second-order valence-electron chi connectivity index (χ2n) is 2.93. The fourth-order valence-electron chi connectivity index (χ4n) is 0.951. The number of aryl methyl sites for hydroxylation is 1. The maximum absolute atomic E-state index is 11.1. The van der Waals surface area contributed by atoms with Crippen molar-refractivity contribution in [1.82, 2.24) is 14.7 Å². The van der Waals surface area contributed by atoms with Crippen LogP contribution in [-0.4, -0.2) is 28.8 Å². The van der Waals surface area contributed by atoms with E-state index in [0.717, 1.165) is 5.69 Å². The summed E-state index contributed by atoms with van der Waals surface area (Å²) in [7, 11) is 3.84. The molecule has 0 saturated carbocycles. The Hall–Kier alpha value is -1.03. The van der Waals surface area contributed by atoms with E-state index in [1.807, 2.05) is 25.9 Å². The molecule has 0 saturated heterocycles. The van der Waals surface area contributed by atoms with Crippen LogP contribution in [0, 0.1) is 6.92 Å². The Balaban J connectivity index is 2.86. The third-order valence-corrected chi connectivity index (χ3v) is 1.34.